The Balaban J connectivity index is 1.79. The van der Waals surface area contributed by atoms with Gasteiger partial charge >= 0.3 is 6.09 Å². The summed E-state index contributed by atoms with van der Waals surface area (Å²) < 4.78 is 5.26. The molecule has 3 nitrogen and oxygen atoms in total. The number of amides is 1. The molecule has 2 aliphatic rings. The zero-order valence-electron chi connectivity index (χ0n) is 9.08. The maximum absolute atomic E-state index is 11.6. The van der Waals surface area contributed by atoms with Gasteiger partial charge in [-0.1, -0.05) is 13.8 Å². The number of carbonyl (C=O) groups is 1. The third-order valence-corrected chi connectivity index (χ3v) is 3.17. The van der Waals surface area contributed by atoms with Crippen LogP contribution >= 0.6 is 0 Å². The van der Waals surface area contributed by atoms with E-state index in [0.29, 0.717) is 5.41 Å². The first-order chi connectivity index (χ1) is 6.57. The Morgan fingerprint density at radius 3 is 2.36 bits per heavy atom. The topological polar surface area (TPSA) is 29.5 Å². The third kappa shape index (κ3) is 2.40. The quantitative estimate of drug-likeness (QED) is 0.646. The van der Waals surface area contributed by atoms with Crippen LogP contribution in [0.15, 0.2) is 0 Å². The van der Waals surface area contributed by atoms with Crippen LogP contribution < -0.4 is 0 Å². The van der Waals surface area contributed by atoms with Crippen molar-refractivity contribution < 1.29 is 9.53 Å². The Labute approximate surface area is 85.4 Å². The molecule has 80 valence electrons. The summed E-state index contributed by atoms with van der Waals surface area (Å²) in [4.78, 5) is 13.4. The Morgan fingerprint density at radius 1 is 1.29 bits per heavy atom. The molecule has 0 aromatic carbocycles. The summed E-state index contributed by atoms with van der Waals surface area (Å²) in [6, 6.07) is 0. The van der Waals surface area contributed by atoms with Gasteiger partial charge in [-0.05, 0) is 31.1 Å². The molecular formula is C11H19NO2. The van der Waals surface area contributed by atoms with Crippen LogP contribution in [0.4, 0.5) is 4.79 Å². The van der Waals surface area contributed by atoms with E-state index in [1.54, 1.807) is 0 Å². The molecule has 0 N–H and O–H groups in total. The zero-order valence-corrected chi connectivity index (χ0v) is 9.08. The summed E-state index contributed by atoms with van der Waals surface area (Å²) in [7, 11) is 0. The van der Waals surface area contributed by atoms with E-state index < -0.39 is 0 Å². The van der Waals surface area contributed by atoms with Crippen LogP contribution in [0.2, 0.25) is 0 Å². The molecule has 1 amide bonds. The van der Waals surface area contributed by atoms with Gasteiger partial charge in [0.25, 0.3) is 0 Å². The number of piperidine rings is 1. The fourth-order valence-electron chi connectivity index (χ4n) is 1.70. The SMILES string of the molecule is CC1(C)CCN(C(=O)OC2CC2)CC1. The second-order valence-corrected chi connectivity index (χ2v) is 5.23. The molecule has 0 bridgehead atoms. The molecule has 0 atom stereocenters. The van der Waals surface area contributed by atoms with E-state index in [0.717, 1.165) is 38.8 Å². The molecule has 14 heavy (non-hydrogen) atoms. The van der Waals surface area contributed by atoms with Gasteiger partial charge in [-0.3, -0.25) is 0 Å². The summed E-state index contributed by atoms with van der Waals surface area (Å²) in [5, 5.41) is 0. The molecule has 1 saturated carbocycles. The fraction of sp³-hybridized carbons (Fsp3) is 0.909. The summed E-state index contributed by atoms with van der Waals surface area (Å²) in [6.45, 7) is 6.24. The van der Waals surface area contributed by atoms with Crippen molar-refractivity contribution in [3.8, 4) is 0 Å². The molecular weight excluding hydrogens is 178 g/mol. The van der Waals surface area contributed by atoms with Crippen LogP contribution in [-0.4, -0.2) is 30.2 Å². The standard InChI is InChI=1S/C11H19NO2/c1-11(2)5-7-12(8-6-11)10(13)14-9-3-4-9/h9H,3-8H2,1-2H3. The van der Waals surface area contributed by atoms with Gasteiger partial charge in [-0.15, -0.1) is 0 Å². The van der Waals surface area contributed by atoms with Gasteiger partial charge in [-0.2, -0.15) is 0 Å². The summed E-state index contributed by atoms with van der Waals surface area (Å²) in [5.41, 5.74) is 0.399. The van der Waals surface area contributed by atoms with Crippen LogP contribution in [0.1, 0.15) is 39.5 Å². The van der Waals surface area contributed by atoms with Crippen molar-refractivity contribution in [2.75, 3.05) is 13.1 Å². The number of rotatable bonds is 1. The molecule has 2 rings (SSSR count). The molecule has 1 heterocycles. The van der Waals surface area contributed by atoms with Gasteiger partial charge in [0.2, 0.25) is 0 Å². The highest BCUT2D eigenvalue weighted by Gasteiger charge is 2.32. The monoisotopic (exact) mass is 197 g/mol. The average molecular weight is 197 g/mol. The first-order valence-corrected chi connectivity index (χ1v) is 5.52. The van der Waals surface area contributed by atoms with E-state index in [2.05, 4.69) is 13.8 Å². The van der Waals surface area contributed by atoms with E-state index >= 15 is 0 Å². The molecule has 3 heteroatoms. The van der Waals surface area contributed by atoms with Crippen molar-refractivity contribution >= 4 is 6.09 Å². The lowest BCUT2D eigenvalue weighted by molar-refractivity contribution is 0.0703. The molecule has 0 aromatic rings. The van der Waals surface area contributed by atoms with Crippen LogP contribution in [0.3, 0.4) is 0 Å². The van der Waals surface area contributed by atoms with E-state index in [4.69, 9.17) is 4.74 Å². The number of hydrogen-bond acceptors (Lipinski definition) is 2. The van der Waals surface area contributed by atoms with E-state index in [1.165, 1.54) is 0 Å². The second-order valence-electron chi connectivity index (χ2n) is 5.23. The van der Waals surface area contributed by atoms with Crippen molar-refractivity contribution in [1.82, 2.24) is 4.90 Å². The largest absolute Gasteiger partial charge is 0.446 e. The fourth-order valence-corrected chi connectivity index (χ4v) is 1.70. The molecule has 1 aliphatic carbocycles. The molecule has 0 unspecified atom stereocenters. The van der Waals surface area contributed by atoms with Gasteiger partial charge in [-0.25, -0.2) is 4.79 Å². The Kier molecular flexibility index (Phi) is 2.41. The molecule has 2 fully saturated rings. The van der Waals surface area contributed by atoms with E-state index in [1.807, 2.05) is 4.90 Å². The smallest absolute Gasteiger partial charge is 0.410 e. The van der Waals surface area contributed by atoms with E-state index in [9.17, 15) is 4.79 Å². The minimum absolute atomic E-state index is 0.0944. The normalized spacial score (nSPS) is 26.0. The summed E-state index contributed by atoms with van der Waals surface area (Å²) >= 11 is 0. The van der Waals surface area contributed by atoms with Crippen molar-refractivity contribution in [2.45, 2.75) is 45.6 Å². The molecule has 0 spiro atoms. The lowest BCUT2D eigenvalue weighted by Crippen LogP contribution is -2.41. The highest BCUT2D eigenvalue weighted by Crippen LogP contribution is 2.31. The maximum atomic E-state index is 11.6. The van der Waals surface area contributed by atoms with Crippen molar-refractivity contribution in [1.29, 1.82) is 0 Å². The predicted molar refractivity (Wildman–Crippen MR) is 54.1 cm³/mol. The first kappa shape index (κ1) is 9.81. The summed E-state index contributed by atoms with van der Waals surface area (Å²) in [6.07, 6.45) is 4.44. The number of nitrogens with zero attached hydrogens (tertiary/aromatic N) is 1. The Bertz CT molecular complexity index is 223. The van der Waals surface area contributed by atoms with Crippen LogP contribution in [0.5, 0.6) is 0 Å². The average Bonchev–Trinajstić information content (AvgIpc) is 2.88. The summed E-state index contributed by atoms with van der Waals surface area (Å²) in [5.74, 6) is 0. The van der Waals surface area contributed by atoms with Gasteiger partial charge in [0.15, 0.2) is 0 Å². The van der Waals surface area contributed by atoms with Gasteiger partial charge in [0.05, 0.1) is 0 Å². The number of ether oxygens (including phenoxy) is 1. The van der Waals surface area contributed by atoms with E-state index in [-0.39, 0.29) is 12.2 Å². The number of carbonyl (C=O) groups excluding carboxylic acids is 1. The second kappa shape index (κ2) is 3.44. The molecule has 1 aliphatic heterocycles. The van der Waals surface area contributed by atoms with Crippen molar-refractivity contribution in [3.05, 3.63) is 0 Å². The minimum Gasteiger partial charge on any atom is -0.446 e. The van der Waals surface area contributed by atoms with Crippen molar-refractivity contribution in [2.24, 2.45) is 5.41 Å². The zero-order chi connectivity index (χ0) is 10.2. The Morgan fingerprint density at radius 2 is 1.86 bits per heavy atom. The maximum Gasteiger partial charge on any atom is 0.410 e. The van der Waals surface area contributed by atoms with Gasteiger partial charge < -0.3 is 9.64 Å². The lowest BCUT2D eigenvalue weighted by Gasteiger charge is -2.36. The lowest BCUT2D eigenvalue weighted by atomic mass is 9.83. The minimum atomic E-state index is -0.0944. The Hall–Kier alpha value is -0.730. The van der Waals surface area contributed by atoms with Crippen LogP contribution in [0, 0.1) is 5.41 Å². The van der Waals surface area contributed by atoms with Gasteiger partial charge in [0, 0.05) is 13.1 Å². The molecule has 0 aromatic heterocycles. The van der Waals surface area contributed by atoms with Crippen molar-refractivity contribution in [3.63, 3.8) is 0 Å². The molecule has 1 saturated heterocycles. The van der Waals surface area contributed by atoms with Crippen LogP contribution in [0.25, 0.3) is 0 Å². The number of likely N-dealkylation sites (tertiary alicyclic amines) is 1. The van der Waals surface area contributed by atoms with Crippen LogP contribution in [-0.2, 0) is 4.74 Å². The third-order valence-electron chi connectivity index (χ3n) is 3.17. The first-order valence-electron chi connectivity index (χ1n) is 5.52. The van der Waals surface area contributed by atoms with Gasteiger partial charge in [0.1, 0.15) is 6.10 Å². The molecule has 0 radical (unpaired) electrons. The highest BCUT2D eigenvalue weighted by molar-refractivity contribution is 5.68. The predicted octanol–water partition coefficient (Wildman–Crippen LogP) is 2.41. The highest BCUT2D eigenvalue weighted by atomic mass is 16.6. The number of hydrogen-bond donors (Lipinski definition) is 0.